The van der Waals surface area contributed by atoms with E-state index in [4.69, 9.17) is 0 Å². The lowest BCUT2D eigenvalue weighted by Gasteiger charge is -2.08. The highest BCUT2D eigenvalue weighted by Gasteiger charge is 2.20. The molecule has 20 heavy (non-hydrogen) atoms. The van der Waals surface area contributed by atoms with Gasteiger partial charge in [-0.3, -0.25) is 4.72 Å². The zero-order valence-corrected chi connectivity index (χ0v) is 12.3. The van der Waals surface area contributed by atoms with E-state index in [1.54, 1.807) is 6.07 Å². The number of hydrogen-bond acceptors (Lipinski definition) is 6. The molecular weight excluding hydrogens is 303 g/mol. The molecule has 0 fully saturated rings. The lowest BCUT2D eigenvalue weighted by atomic mass is 10.2. The number of nitrogens with one attached hydrogen (secondary N) is 2. The normalized spacial score (nSPS) is 11.5. The molecule has 0 aliphatic heterocycles. The van der Waals surface area contributed by atoms with Crippen LogP contribution in [0.2, 0.25) is 0 Å². The van der Waals surface area contributed by atoms with Gasteiger partial charge in [0.15, 0.2) is 0 Å². The molecule has 6 nitrogen and oxygen atoms in total. The van der Waals surface area contributed by atoms with Gasteiger partial charge in [0.2, 0.25) is 5.13 Å². The van der Waals surface area contributed by atoms with E-state index < -0.39 is 20.7 Å². The highest BCUT2D eigenvalue weighted by Crippen LogP contribution is 2.20. The van der Waals surface area contributed by atoms with Crippen LogP contribution in [0.1, 0.15) is 12.5 Å². The van der Waals surface area contributed by atoms with Crippen molar-refractivity contribution in [2.24, 2.45) is 0 Å². The Labute approximate surface area is 120 Å². The molecule has 0 radical (unpaired) electrons. The number of halogens is 1. The van der Waals surface area contributed by atoms with E-state index in [0.29, 0.717) is 12.1 Å². The first kappa shape index (κ1) is 14.8. The minimum absolute atomic E-state index is 0.0983. The van der Waals surface area contributed by atoms with E-state index in [0.717, 1.165) is 17.9 Å². The van der Waals surface area contributed by atoms with Crippen LogP contribution in [0.15, 0.2) is 28.6 Å². The SMILES string of the molecule is CCNCc1ccc(S(=O)(=O)Nc2nncs2)c(F)c1. The Hall–Kier alpha value is -1.58. The topological polar surface area (TPSA) is 84.0 Å². The standard InChI is InChI=1S/C11H13FN4O2S2/c1-2-13-6-8-3-4-10(9(12)5-8)20(17,18)16-11-15-14-7-19-11/h3-5,7,13H,2,6H2,1H3,(H,15,16). The Balaban J connectivity index is 2.23. The van der Waals surface area contributed by atoms with Crippen molar-refractivity contribution in [1.29, 1.82) is 0 Å². The molecule has 0 aliphatic rings. The molecule has 0 bridgehead atoms. The van der Waals surface area contributed by atoms with E-state index >= 15 is 0 Å². The monoisotopic (exact) mass is 316 g/mol. The third-order valence-corrected chi connectivity index (χ3v) is 4.55. The maximum atomic E-state index is 13.9. The highest BCUT2D eigenvalue weighted by atomic mass is 32.2. The molecule has 108 valence electrons. The first-order valence-corrected chi connectivity index (χ1v) is 8.17. The van der Waals surface area contributed by atoms with Crippen LogP contribution >= 0.6 is 11.3 Å². The van der Waals surface area contributed by atoms with E-state index in [-0.39, 0.29) is 5.13 Å². The summed E-state index contributed by atoms with van der Waals surface area (Å²) < 4.78 is 40.1. The lowest BCUT2D eigenvalue weighted by molar-refractivity contribution is 0.567. The van der Waals surface area contributed by atoms with Crippen molar-refractivity contribution >= 4 is 26.5 Å². The van der Waals surface area contributed by atoms with Gasteiger partial charge < -0.3 is 5.32 Å². The van der Waals surface area contributed by atoms with Gasteiger partial charge in [-0.15, -0.1) is 10.2 Å². The van der Waals surface area contributed by atoms with Gasteiger partial charge in [-0.2, -0.15) is 0 Å². The summed E-state index contributed by atoms with van der Waals surface area (Å²) in [5.41, 5.74) is 2.06. The maximum Gasteiger partial charge on any atom is 0.266 e. The van der Waals surface area contributed by atoms with Crippen LogP contribution in [0.4, 0.5) is 9.52 Å². The fourth-order valence-corrected chi connectivity index (χ4v) is 3.28. The fraction of sp³-hybridized carbons (Fsp3) is 0.273. The molecule has 2 rings (SSSR count). The van der Waals surface area contributed by atoms with Crippen LogP contribution in [-0.2, 0) is 16.6 Å². The number of aromatic nitrogens is 2. The summed E-state index contributed by atoms with van der Waals surface area (Å²) in [6.07, 6.45) is 0. The molecule has 0 saturated carbocycles. The smallest absolute Gasteiger partial charge is 0.266 e. The van der Waals surface area contributed by atoms with E-state index in [9.17, 15) is 12.8 Å². The second kappa shape index (κ2) is 6.25. The predicted molar refractivity (Wildman–Crippen MR) is 74.5 cm³/mol. The summed E-state index contributed by atoms with van der Waals surface area (Å²) in [6.45, 7) is 3.17. The van der Waals surface area contributed by atoms with E-state index in [1.807, 2.05) is 6.92 Å². The fourth-order valence-electron chi connectivity index (χ4n) is 1.53. The van der Waals surface area contributed by atoms with E-state index in [1.165, 1.54) is 17.6 Å². The first-order valence-electron chi connectivity index (χ1n) is 5.81. The van der Waals surface area contributed by atoms with Crippen molar-refractivity contribution < 1.29 is 12.8 Å². The molecule has 1 heterocycles. The van der Waals surface area contributed by atoms with Gasteiger partial charge in [0.25, 0.3) is 10.0 Å². The van der Waals surface area contributed by atoms with Crippen molar-refractivity contribution in [1.82, 2.24) is 15.5 Å². The zero-order chi connectivity index (χ0) is 14.6. The molecule has 9 heteroatoms. The molecule has 2 aromatic rings. The molecular formula is C11H13FN4O2S2. The molecule has 0 atom stereocenters. The van der Waals surface area contributed by atoms with Crippen LogP contribution in [0, 0.1) is 5.82 Å². The number of benzene rings is 1. The number of nitrogens with zero attached hydrogens (tertiary/aromatic N) is 2. The largest absolute Gasteiger partial charge is 0.313 e. The predicted octanol–water partition coefficient (Wildman–Crippen LogP) is 1.59. The average Bonchev–Trinajstić information content (AvgIpc) is 2.88. The molecule has 0 aliphatic carbocycles. The van der Waals surface area contributed by atoms with Gasteiger partial charge in [-0.05, 0) is 24.2 Å². The third kappa shape index (κ3) is 3.50. The Morgan fingerprint density at radius 3 is 2.80 bits per heavy atom. The highest BCUT2D eigenvalue weighted by molar-refractivity contribution is 7.93. The molecule has 2 N–H and O–H groups in total. The van der Waals surface area contributed by atoms with Crippen LogP contribution in [0.5, 0.6) is 0 Å². The maximum absolute atomic E-state index is 13.9. The van der Waals surface area contributed by atoms with Crippen molar-refractivity contribution in [2.45, 2.75) is 18.4 Å². The molecule has 1 aromatic heterocycles. The summed E-state index contributed by atoms with van der Waals surface area (Å²) in [5, 5.41) is 10.2. The minimum atomic E-state index is -3.99. The summed E-state index contributed by atoms with van der Waals surface area (Å²) in [4.78, 5) is -0.409. The summed E-state index contributed by atoms with van der Waals surface area (Å²) >= 11 is 1.02. The Morgan fingerprint density at radius 2 is 2.20 bits per heavy atom. The van der Waals surface area contributed by atoms with Gasteiger partial charge in [0.1, 0.15) is 16.2 Å². The molecule has 0 saturated heterocycles. The number of anilines is 1. The summed E-state index contributed by atoms with van der Waals surface area (Å²) in [6, 6.07) is 4.02. The number of rotatable bonds is 6. The van der Waals surface area contributed by atoms with Crippen LogP contribution < -0.4 is 10.0 Å². The second-order valence-corrected chi connectivity index (χ2v) is 6.38. The molecule has 0 spiro atoms. The van der Waals surface area contributed by atoms with Gasteiger partial charge in [0, 0.05) is 6.54 Å². The zero-order valence-electron chi connectivity index (χ0n) is 10.6. The van der Waals surface area contributed by atoms with Gasteiger partial charge in [-0.1, -0.05) is 24.3 Å². The number of hydrogen-bond donors (Lipinski definition) is 2. The summed E-state index contributed by atoms with van der Waals surface area (Å²) in [7, 11) is -3.99. The quantitative estimate of drug-likeness (QED) is 0.845. The van der Waals surface area contributed by atoms with Crippen LogP contribution in [-0.4, -0.2) is 25.2 Å². The first-order chi connectivity index (χ1) is 9.53. The average molecular weight is 316 g/mol. The van der Waals surface area contributed by atoms with E-state index in [2.05, 4.69) is 20.2 Å². The molecule has 0 unspecified atom stereocenters. The van der Waals surface area contributed by atoms with Crippen LogP contribution in [0.3, 0.4) is 0 Å². The molecule has 0 amide bonds. The minimum Gasteiger partial charge on any atom is -0.313 e. The third-order valence-electron chi connectivity index (χ3n) is 2.45. The number of sulfonamides is 1. The van der Waals surface area contributed by atoms with Crippen LogP contribution in [0.25, 0.3) is 0 Å². The van der Waals surface area contributed by atoms with Crippen molar-refractivity contribution in [3.8, 4) is 0 Å². The Kier molecular flexibility index (Phi) is 4.63. The Bertz CT molecular complexity index is 674. The van der Waals surface area contributed by atoms with Gasteiger partial charge >= 0.3 is 0 Å². The van der Waals surface area contributed by atoms with Crippen molar-refractivity contribution in [3.63, 3.8) is 0 Å². The van der Waals surface area contributed by atoms with Gasteiger partial charge in [-0.25, -0.2) is 12.8 Å². The summed E-state index contributed by atoms with van der Waals surface area (Å²) in [5.74, 6) is -0.794. The lowest BCUT2D eigenvalue weighted by Crippen LogP contribution is -2.16. The van der Waals surface area contributed by atoms with Gasteiger partial charge in [0.05, 0.1) is 0 Å². The van der Waals surface area contributed by atoms with Crippen molar-refractivity contribution in [3.05, 3.63) is 35.1 Å². The Morgan fingerprint density at radius 1 is 1.40 bits per heavy atom. The molecule has 1 aromatic carbocycles. The second-order valence-electron chi connectivity index (χ2n) is 3.89. The van der Waals surface area contributed by atoms with Crippen molar-refractivity contribution in [2.75, 3.05) is 11.3 Å².